The van der Waals surface area contributed by atoms with Crippen molar-refractivity contribution in [1.82, 2.24) is 0 Å². The highest BCUT2D eigenvalue weighted by atomic mass is 15.1. The minimum absolute atomic E-state index is 0.176. The first-order valence-corrected chi connectivity index (χ1v) is 22.5. The second kappa shape index (κ2) is 11.6. The van der Waals surface area contributed by atoms with E-state index in [0.29, 0.717) is 0 Å². The fourth-order valence-corrected chi connectivity index (χ4v) is 15.5. The molecular weight excluding hydrogens is 699 g/mol. The molecule has 6 bridgehead atoms. The van der Waals surface area contributed by atoms with Crippen LogP contribution in [0.5, 0.6) is 0 Å². The highest BCUT2D eigenvalue weighted by Crippen LogP contribution is 2.70. The Morgan fingerprint density at radius 1 is 0.397 bits per heavy atom. The maximum atomic E-state index is 2.59. The number of fused-ring (bicyclic) bond motifs is 12. The molecule has 6 saturated carbocycles. The summed E-state index contributed by atoms with van der Waals surface area (Å²) in [6.07, 6.45) is 12.6. The molecule has 6 fully saturated rings. The van der Waals surface area contributed by atoms with Crippen molar-refractivity contribution >= 4 is 27.8 Å². The summed E-state index contributed by atoms with van der Waals surface area (Å²) in [6.45, 7) is 0. The van der Waals surface area contributed by atoms with Crippen LogP contribution in [0.15, 0.2) is 152 Å². The van der Waals surface area contributed by atoms with Crippen molar-refractivity contribution in [2.24, 2.45) is 35.5 Å². The van der Waals surface area contributed by atoms with E-state index in [2.05, 4.69) is 157 Å². The van der Waals surface area contributed by atoms with Crippen molar-refractivity contribution in [2.75, 3.05) is 4.90 Å². The summed E-state index contributed by atoms with van der Waals surface area (Å²) in [5, 5.41) is 2.59. The fraction of sp³-hybridized carbons (Fsp3) is 0.298. The van der Waals surface area contributed by atoms with Gasteiger partial charge in [0.25, 0.3) is 0 Å². The number of nitrogens with zero attached hydrogens (tertiary/aromatic N) is 1. The van der Waals surface area contributed by atoms with Crippen LogP contribution in [0.4, 0.5) is 17.1 Å². The Bertz CT molecular complexity index is 2810. The van der Waals surface area contributed by atoms with Crippen molar-refractivity contribution in [3.8, 4) is 33.4 Å². The van der Waals surface area contributed by atoms with Crippen molar-refractivity contribution in [3.05, 3.63) is 174 Å². The van der Waals surface area contributed by atoms with Gasteiger partial charge in [-0.05, 0) is 190 Å². The van der Waals surface area contributed by atoms with E-state index in [1.807, 2.05) is 0 Å². The van der Waals surface area contributed by atoms with Gasteiger partial charge >= 0.3 is 0 Å². The highest BCUT2D eigenvalue weighted by molar-refractivity contribution is 5.97. The largest absolute Gasteiger partial charge is 0.310 e. The van der Waals surface area contributed by atoms with Gasteiger partial charge < -0.3 is 4.90 Å². The zero-order chi connectivity index (χ0) is 37.7. The van der Waals surface area contributed by atoms with Crippen molar-refractivity contribution in [1.29, 1.82) is 0 Å². The maximum absolute atomic E-state index is 2.59. The molecule has 0 heterocycles. The molecule has 0 aromatic heterocycles. The SMILES string of the molecule is c1ccc2c(c1)-c1cc(N(c3ccc(-c4cccc5ccccc45)cc3)c3ccc4c(c3)-c3ccccc3C43C4CC5CC(C4)CC3C5)ccc1C21CC2CCC1C2. The van der Waals surface area contributed by atoms with E-state index >= 15 is 0 Å². The van der Waals surface area contributed by atoms with Gasteiger partial charge in [-0.1, -0.05) is 122 Å². The molecule has 1 heteroatoms. The van der Waals surface area contributed by atoms with E-state index in [0.717, 1.165) is 35.5 Å². The first-order valence-electron chi connectivity index (χ1n) is 22.5. The Balaban J connectivity index is 0.951. The number of hydrogen-bond acceptors (Lipinski definition) is 1. The van der Waals surface area contributed by atoms with E-state index in [1.54, 1.807) is 22.3 Å². The molecule has 2 spiro atoms. The van der Waals surface area contributed by atoms with E-state index in [1.165, 1.54) is 119 Å². The summed E-state index contributed by atoms with van der Waals surface area (Å²) >= 11 is 0. The van der Waals surface area contributed by atoms with Crippen LogP contribution in [0.1, 0.15) is 80.0 Å². The highest BCUT2D eigenvalue weighted by Gasteiger charge is 2.62. The molecule has 0 radical (unpaired) electrons. The van der Waals surface area contributed by atoms with E-state index in [9.17, 15) is 0 Å². The second-order valence-electron chi connectivity index (χ2n) is 19.7. The standard InChI is InChI=1S/C57H49N/c1-2-10-46-38(8-1)9-7-13-47(46)39-17-20-43(21-18-39)58(44-22-24-53-50(32-44)48-11-3-5-14-52(48)56(53)34-35-16-19-40(56)27-35)45-23-25-55-51(33-45)49-12-4-6-15-54(49)57(55)41-28-36-26-37(30-41)31-42(57)29-36/h1-15,17-18,20-25,32-33,35-37,40-42H,16,19,26-31,34H2. The molecule has 7 aromatic carbocycles. The minimum Gasteiger partial charge on any atom is -0.310 e. The maximum Gasteiger partial charge on any atom is 0.0468 e. The van der Waals surface area contributed by atoms with Gasteiger partial charge in [0.1, 0.15) is 0 Å². The van der Waals surface area contributed by atoms with E-state index in [4.69, 9.17) is 0 Å². The van der Waals surface area contributed by atoms with Gasteiger partial charge in [-0.2, -0.15) is 0 Å². The first-order chi connectivity index (χ1) is 28.7. The van der Waals surface area contributed by atoms with Gasteiger partial charge in [0.05, 0.1) is 0 Å². The van der Waals surface area contributed by atoms with Crippen molar-refractivity contribution < 1.29 is 0 Å². The molecule has 0 aliphatic heterocycles. The summed E-state index contributed by atoms with van der Waals surface area (Å²) in [6, 6.07) is 59.2. The van der Waals surface area contributed by atoms with Gasteiger partial charge in [-0.25, -0.2) is 0 Å². The molecular formula is C57H49N. The van der Waals surface area contributed by atoms with Gasteiger partial charge in [0.15, 0.2) is 0 Å². The Morgan fingerprint density at radius 3 is 1.67 bits per heavy atom. The molecule has 8 aliphatic carbocycles. The Hall–Kier alpha value is -5.40. The number of hydrogen-bond donors (Lipinski definition) is 0. The predicted molar refractivity (Wildman–Crippen MR) is 239 cm³/mol. The minimum atomic E-state index is 0.176. The summed E-state index contributed by atoms with van der Waals surface area (Å²) in [5.74, 6) is 5.05. The van der Waals surface area contributed by atoms with E-state index < -0.39 is 0 Å². The van der Waals surface area contributed by atoms with Crippen LogP contribution in [-0.2, 0) is 10.8 Å². The summed E-state index contributed by atoms with van der Waals surface area (Å²) < 4.78 is 0. The Kier molecular flexibility index (Phi) is 6.52. The summed E-state index contributed by atoms with van der Waals surface area (Å²) in [7, 11) is 0. The van der Waals surface area contributed by atoms with Crippen LogP contribution < -0.4 is 4.90 Å². The average molecular weight is 748 g/mol. The number of benzene rings is 7. The van der Waals surface area contributed by atoms with Gasteiger partial charge in [0.2, 0.25) is 0 Å². The molecule has 0 saturated heterocycles. The quantitative estimate of drug-likeness (QED) is 0.173. The Morgan fingerprint density at radius 2 is 0.948 bits per heavy atom. The lowest BCUT2D eigenvalue weighted by atomic mass is 9.43. The number of anilines is 3. The van der Waals surface area contributed by atoms with Crippen LogP contribution in [-0.4, -0.2) is 0 Å². The van der Waals surface area contributed by atoms with Crippen LogP contribution in [0.25, 0.3) is 44.2 Å². The molecule has 282 valence electrons. The molecule has 3 unspecified atom stereocenters. The molecule has 8 aliphatic rings. The van der Waals surface area contributed by atoms with Crippen LogP contribution in [0.2, 0.25) is 0 Å². The normalized spacial score (nSPS) is 29.9. The molecule has 58 heavy (non-hydrogen) atoms. The zero-order valence-electron chi connectivity index (χ0n) is 33.2. The Labute approximate surface area is 342 Å². The van der Waals surface area contributed by atoms with Crippen LogP contribution in [0.3, 0.4) is 0 Å². The van der Waals surface area contributed by atoms with Crippen LogP contribution >= 0.6 is 0 Å². The third kappa shape index (κ3) is 4.13. The third-order valence-electron chi connectivity index (χ3n) is 17.3. The summed E-state index contributed by atoms with van der Waals surface area (Å²) in [5.41, 5.74) is 18.9. The topological polar surface area (TPSA) is 3.24 Å². The lowest BCUT2D eigenvalue weighted by molar-refractivity contribution is -0.0399. The number of rotatable bonds is 4. The lowest BCUT2D eigenvalue weighted by Gasteiger charge is -2.61. The third-order valence-corrected chi connectivity index (χ3v) is 17.3. The van der Waals surface area contributed by atoms with Crippen LogP contribution in [0, 0.1) is 35.5 Å². The lowest BCUT2D eigenvalue weighted by Crippen LogP contribution is -2.55. The monoisotopic (exact) mass is 747 g/mol. The molecule has 3 atom stereocenters. The van der Waals surface area contributed by atoms with Gasteiger partial charge in [-0.15, -0.1) is 0 Å². The second-order valence-corrected chi connectivity index (χ2v) is 19.7. The molecule has 0 N–H and O–H groups in total. The summed E-state index contributed by atoms with van der Waals surface area (Å²) in [4.78, 5) is 2.58. The average Bonchev–Trinajstić information content (AvgIpc) is 4.03. The smallest absolute Gasteiger partial charge is 0.0468 e. The predicted octanol–water partition coefficient (Wildman–Crippen LogP) is 14.8. The van der Waals surface area contributed by atoms with Gasteiger partial charge in [-0.3, -0.25) is 0 Å². The molecule has 1 nitrogen and oxygen atoms in total. The zero-order valence-corrected chi connectivity index (χ0v) is 33.2. The molecule has 0 amide bonds. The van der Waals surface area contributed by atoms with E-state index in [-0.39, 0.29) is 10.8 Å². The van der Waals surface area contributed by atoms with Crippen molar-refractivity contribution in [3.63, 3.8) is 0 Å². The first kappa shape index (κ1) is 32.5. The molecule has 7 aromatic rings. The molecule has 15 rings (SSSR count). The van der Waals surface area contributed by atoms with Gasteiger partial charge in [0, 0.05) is 27.9 Å². The van der Waals surface area contributed by atoms with Crippen molar-refractivity contribution in [2.45, 2.75) is 68.6 Å². The fourth-order valence-electron chi connectivity index (χ4n) is 15.5.